The number of methoxy groups -OCH3 is 1. The topological polar surface area (TPSA) is 39.2 Å². The smallest absolute Gasteiger partial charge is 0.338 e. The summed E-state index contributed by atoms with van der Waals surface area (Å²) in [7, 11) is 1.33. The van der Waals surface area contributed by atoms with Crippen molar-refractivity contribution in [1.82, 2.24) is 4.98 Å². The van der Waals surface area contributed by atoms with E-state index < -0.39 is 5.97 Å². The molecule has 0 radical (unpaired) electrons. The van der Waals surface area contributed by atoms with Crippen LogP contribution in [0.1, 0.15) is 10.4 Å². The van der Waals surface area contributed by atoms with Crippen molar-refractivity contribution in [3.05, 3.63) is 40.4 Å². The standard InChI is InChI=1S/C11H8ClNO2S/c1-15-11(14)7-5-8(13-10(12)6-7)9-3-2-4-16-9/h2-6H,1H3. The number of nitrogens with zero attached hydrogens (tertiary/aromatic N) is 1. The molecule has 0 spiro atoms. The fraction of sp³-hybridized carbons (Fsp3) is 0.0909. The lowest BCUT2D eigenvalue weighted by atomic mass is 10.2. The van der Waals surface area contributed by atoms with E-state index in [1.165, 1.54) is 24.5 Å². The van der Waals surface area contributed by atoms with Crippen molar-refractivity contribution in [2.45, 2.75) is 0 Å². The predicted octanol–water partition coefficient (Wildman–Crippen LogP) is 3.25. The molecule has 3 nitrogen and oxygen atoms in total. The van der Waals surface area contributed by atoms with Crippen LogP contribution in [0.2, 0.25) is 5.15 Å². The van der Waals surface area contributed by atoms with Crippen LogP contribution in [-0.2, 0) is 4.74 Å². The summed E-state index contributed by atoms with van der Waals surface area (Å²) >= 11 is 7.39. The molecule has 0 amide bonds. The minimum absolute atomic E-state index is 0.284. The second kappa shape index (κ2) is 4.63. The number of thiophene rings is 1. The Morgan fingerprint density at radius 2 is 2.31 bits per heavy atom. The van der Waals surface area contributed by atoms with Gasteiger partial charge >= 0.3 is 5.97 Å². The van der Waals surface area contributed by atoms with Gasteiger partial charge in [-0.05, 0) is 23.6 Å². The molecule has 0 aromatic carbocycles. The molecule has 2 aromatic heterocycles. The molecule has 0 aliphatic heterocycles. The summed E-state index contributed by atoms with van der Waals surface area (Å²) in [5.41, 5.74) is 1.09. The van der Waals surface area contributed by atoms with E-state index in [0.717, 1.165) is 4.88 Å². The molecule has 16 heavy (non-hydrogen) atoms. The molecule has 2 aromatic rings. The Hall–Kier alpha value is -1.39. The van der Waals surface area contributed by atoms with Gasteiger partial charge < -0.3 is 4.74 Å². The van der Waals surface area contributed by atoms with Gasteiger partial charge in [-0.15, -0.1) is 11.3 Å². The van der Waals surface area contributed by atoms with Crippen LogP contribution >= 0.6 is 22.9 Å². The first kappa shape index (κ1) is 11.1. The minimum Gasteiger partial charge on any atom is -0.465 e. The first-order valence-corrected chi connectivity index (χ1v) is 5.76. The van der Waals surface area contributed by atoms with Crippen molar-refractivity contribution < 1.29 is 9.53 Å². The Bertz CT molecular complexity index is 511. The lowest BCUT2D eigenvalue weighted by Gasteiger charge is -2.02. The number of carbonyl (C=O) groups excluding carboxylic acids is 1. The monoisotopic (exact) mass is 253 g/mol. The van der Waals surface area contributed by atoms with Gasteiger partial charge in [0, 0.05) is 0 Å². The molecule has 82 valence electrons. The number of pyridine rings is 1. The summed E-state index contributed by atoms with van der Waals surface area (Å²) in [6.45, 7) is 0. The maximum absolute atomic E-state index is 11.4. The zero-order valence-corrected chi connectivity index (χ0v) is 10.0. The number of hydrogen-bond donors (Lipinski definition) is 0. The molecule has 0 aliphatic carbocycles. The van der Waals surface area contributed by atoms with E-state index in [1.807, 2.05) is 17.5 Å². The third-order valence-corrected chi connectivity index (χ3v) is 3.07. The van der Waals surface area contributed by atoms with E-state index in [-0.39, 0.29) is 5.15 Å². The Labute approximate surface area is 102 Å². The van der Waals surface area contributed by atoms with E-state index in [2.05, 4.69) is 9.72 Å². The van der Waals surface area contributed by atoms with Crippen LogP contribution < -0.4 is 0 Å². The summed E-state index contributed by atoms with van der Waals surface area (Å²) in [6.07, 6.45) is 0. The average molecular weight is 254 g/mol. The molecule has 0 unspecified atom stereocenters. The van der Waals surface area contributed by atoms with Crippen LogP contribution in [0.5, 0.6) is 0 Å². The van der Waals surface area contributed by atoms with Gasteiger partial charge in [0.15, 0.2) is 0 Å². The first-order chi connectivity index (χ1) is 7.70. The summed E-state index contributed by atoms with van der Waals surface area (Å²) in [5.74, 6) is -0.415. The molecule has 0 saturated heterocycles. The summed E-state index contributed by atoms with van der Waals surface area (Å²) in [4.78, 5) is 16.5. The highest BCUT2D eigenvalue weighted by Gasteiger charge is 2.10. The van der Waals surface area contributed by atoms with Crippen molar-refractivity contribution in [1.29, 1.82) is 0 Å². The van der Waals surface area contributed by atoms with Crippen molar-refractivity contribution in [3.8, 4) is 10.6 Å². The van der Waals surface area contributed by atoms with Gasteiger partial charge in [0.05, 0.1) is 23.2 Å². The molecule has 5 heteroatoms. The van der Waals surface area contributed by atoms with Crippen LogP contribution in [0.3, 0.4) is 0 Å². The number of ether oxygens (including phenoxy) is 1. The quantitative estimate of drug-likeness (QED) is 0.609. The maximum Gasteiger partial charge on any atom is 0.338 e. The average Bonchev–Trinajstić information content (AvgIpc) is 2.80. The Morgan fingerprint density at radius 3 is 2.94 bits per heavy atom. The van der Waals surface area contributed by atoms with Crippen LogP contribution in [0.15, 0.2) is 29.6 Å². The van der Waals surface area contributed by atoms with Gasteiger partial charge in [0.2, 0.25) is 0 Å². The number of rotatable bonds is 2. The molecular weight excluding hydrogens is 246 g/mol. The van der Waals surface area contributed by atoms with Gasteiger partial charge in [-0.3, -0.25) is 0 Å². The van der Waals surface area contributed by atoms with Gasteiger partial charge in [-0.2, -0.15) is 0 Å². The van der Waals surface area contributed by atoms with Crippen molar-refractivity contribution in [2.75, 3.05) is 7.11 Å². The van der Waals surface area contributed by atoms with Gasteiger partial charge in [-0.1, -0.05) is 17.7 Å². The third-order valence-electron chi connectivity index (χ3n) is 1.99. The largest absolute Gasteiger partial charge is 0.465 e. The molecule has 2 heterocycles. The van der Waals surface area contributed by atoms with Crippen LogP contribution in [-0.4, -0.2) is 18.1 Å². The van der Waals surface area contributed by atoms with E-state index in [1.54, 1.807) is 6.07 Å². The van der Waals surface area contributed by atoms with Crippen LogP contribution in [0, 0.1) is 0 Å². The number of aromatic nitrogens is 1. The Morgan fingerprint density at radius 1 is 1.50 bits per heavy atom. The molecule has 0 N–H and O–H groups in total. The summed E-state index contributed by atoms with van der Waals surface area (Å²) in [6, 6.07) is 7.00. The SMILES string of the molecule is COC(=O)c1cc(Cl)nc(-c2cccs2)c1. The Kier molecular flexibility index (Phi) is 3.22. The minimum atomic E-state index is -0.415. The predicted molar refractivity (Wildman–Crippen MR) is 63.9 cm³/mol. The number of esters is 1. The molecular formula is C11H8ClNO2S. The van der Waals surface area contributed by atoms with Crippen molar-refractivity contribution in [2.24, 2.45) is 0 Å². The summed E-state index contributed by atoms with van der Waals surface area (Å²) < 4.78 is 4.64. The van der Waals surface area contributed by atoms with E-state index >= 15 is 0 Å². The Balaban J connectivity index is 2.48. The molecule has 0 saturated carbocycles. The third kappa shape index (κ3) is 2.23. The van der Waals surface area contributed by atoms with E-state index in [0.29, 0.717) is 11.3 Å². The van der Waals surface area contributed by atoms with Gasteiger partial charge in [0.1, 0.15) is 5.15 Å². The zero-order valence-electron chi connectivity index (χ0n) is 8.44. The number of halogens is 1. The van der Waals surface area contributed by atoms with Crippen molar-refractivity contribution in [3.63, 3.8) is 0 Å². The first-order valence-electron chi connectivity index (χ1n) is 4.50. The fourth-order valence-electron chi connectivity index (χ4n) is 1.28. The van der Waals surface area contributed by atoms with Crippen LogP contribution in [0.25, 0.3) is 10.6 Å². The normalized spacial score (nSPS) is 10.1. The fourth-order valence-corrected chi connectivity index (χ4v) is 2.18. The molecule has 0 aliphatic rings. The second-order valence-electron chi connectivity index (χ2n) is 3.03. The molecule has 0 atom stereocenters. The van der Waals surface area contributed by atoms with Crippen LogP contribution in [0.4, 0.5) is 0 Å². The lowest BCUT2D eigenvalue weighted by molar-refractivity contribution is 0.0600. The zero-order chi connectivity index (χ0) is 11.5. The maximum atomic E-state index is 11.4. The summed E-state index contributed by atoms with van der Waals surface area (Å²) in [5, 5.41) is 2.22. The molecule has 2 rings (SSSR count). The van der Waals surface area contributed by atoms with E-state index in [4.69, 9.17) is 11.6 Å². The lowest BCUT2D eigenvalue weighted by Crippen LogP contribution is -2.02. The highest BCUT2D eigenvalue weighted by Crippen LogP contribution is 2.25. The van der Waals surface area contributed by atoms with Gasteiger partial charge in [-0.25, -0.2) is 9.78 Å². The molecule has 0 fully saturated rings. The highest BCUT2D eigenvalue weighted by atomic mass is 35.5. The molecule has 0 bridgehead atoms. The van der Waals surface area contributed by atoms with E-state index in [9.17, 15) is 4.79 Å². The second-order valence-corrected chi connectivity index (χ2v) is 4.37. The van der Waals surface area contributed by atoms with Crippen molar-refractivity contribution >= 4 is 28.9 Å². The number of carbonyl (C=O) groups is 1. The highest BCUT2D eigenvalue weighted by molar-refractivity contribution is 7.13. The number of hydrogen-bond acceptors (Lipinski definition) is 4. The van der Waals surface area contributed by atoms with Gasteiger partial charge in [0.25, 0.3) is 0 Å².